The van der Waals surface area contributed by atoms with Gasteiger partial charge in [0.1, 0.15) is 0 Å². The van der Waals surface area contributed by atoms with Gasteiger partial charge in [0.15, 0.2) is 0 Å². The van der Waals surface area contributed by atoms with Crippen molar-refractivity contribution in [2.45, 2.75) is 45.2 Å². The molecule has 2 nitrogen and oxygen atoms in total. The molecule has 0 aliphatic rings. The van der Waals surface area contributed by atoms with E-state index < -0.39 is 0 Å². The molecule has 0 aromatic carbocycles. The lowest BCUT2D eigenvalue weighted by atomic mass is 10.1. The van der Waals surface area contributed by atoms with Crippen molar-refractivity contribution in [1.29, 1.82) is 5.26 Å². The van der Waals surface area contributed by atoms with Crippen molar-refractivity contribution in [2.24, 2.45) is 0 Å². The second-order valence-electron chi connectivity index (χ2n) is 3.79. The number of hydrogen-bond acceptors (Lipinski definition) is 3. The van der Waals surface area contributed by atoms with Crippen LogP contribution < -0.4 is 5.32 Å². The molecular weight excluding hydrogens is 204 g/mol. The quantitative estimate of drug-likeness (QED) is 0.800. The SMILES string of the molecule is CCCC(NC(C)CC#N)c1cccs1. The minimum Gasteiger partial charge on any atom is -0.306 e. The Morgan fingerprint density at radius 2 is 2.40 bits per heavy atom. The molecule has 0 fully saturated rings. The summed E-state index contributed by atoms with van der Waals surface area (Å²) in [6.07, 6.45) is 2.87. The lowest BCUT2D eigenvalue weighted by Gasteiger charge is -2.20. The standard InChI is InChI=1S/C12H18N2S/c1-3-5-11(12-6-4-9-15-12)14-10(2)7-8-13/h4,6,9-11,14H,3,5,7H2,1-2H3. The maximum atomic E-state index is 8.62. The Labute approximate surface area is 95.9 Å². The van der Waals surface area contributed by atoms with Gasteiger partial charge in [-0.15, -0.1) is 11.3 Å². The average Bonchev–Trinajstić information content (AvgIpc) is 2.70. The highest BCUT2D eigenvalue weighted by Gasteiger charge is 2.13. The maximum absolute atomic E-state index is 8.62. The molecular formula is C12H18N2S. The highest BCUT2D eigenvalue weighted by atomic mass is 32.1. The van der Waals surface area contributed by atoms with Crippen LogP contribution >= 0.6 is 11.3 Å². The molecule has 0 saturated heterocycles. The van der Waals surface area contributed by atoms with E-state index in [1.54, 1.807) is 11.3 Å². The molecule has 0 spiro atoms. The Hall–Kier alpha value is -0.850. The zero-order valence-electron chi connectivity index (χ0n) is 9.36. The average molecular weight is 222 g/mol. The van der Waals surface area contributed by atoms with Gasteiger partial charge in [-0.2, -0.15) is 5.26 Å². The van der Waals surface area contributed by atoms with Gasteiger partial charge in [0.05, 0.1) is 12.5 Å². The van der Waals surface area contributed by atoms with E-state index in [-0.39, 0.29) is 6.04 Å². The lowest BCUT2D eigenvalue weighted by molar-refractivity contribution is 0.439. The number of nitrogens with one attached hydrogen (secondary N) is 1. The van der Waals surface area contributed by atoms with E-state index in [0.29, 0.717) is 12.5 Å². The van der Waals surface area contributed by atoms with E-state index in [1.807, 2.05) is 0 Å². The van der Waals surface area contributed by atoms with Gasteiger partial charge in [0.25, 0.3) is 0 Å². The van der Waals surface area contributed by atoms with Crippen molar-refractivity contribution in [3.8, 4) is 6.07 Å². The van der Waals surface area contributed by atoms with Crippen molar-refractivity contribution < 1.29 is 0 Å². The molecule has 0 amide bonds. The van der Waals surface area contributed by atoms with Crippen molar-refractivity contribution in [2.75, 3.05) is 0 Å². The van der Waals surface area contributed by atoms with Gasteiger partial charge < -0.3 is 5.32 Å². The fourth-order valence-electron chi connectivity index (χ4n) is 1.63. The maximum Gasteiger partial charge on any atom is 0.0638 e. The number of hydrogen-bond donors (Lipinski definition) is 1. The topological polar surface area (TPSA) is 35.8 Å². The first-order valence-corrected chi connectivity index (χ1v) is 6.32. The van der Waals surface area contributed by atoms with Crippen LogP contribution in [0.25, 0.3) is 0 Å². The smallest absolute Gasteiger partial charge is 0.0638 e. The fraction of sp³-hybridized carbons (Fsp3) is 0.583. The normalized spacial score (nSPS) is 14.5. The summed E-state index contributed by atoms with van der Waals surface area (Å²) in [6.45, 7) is 4.26. The summed E-state index contributed by atoms with van der Waals surface area (Å²) in [7, 11) is 0. The third-order valence-electron chi connectivity index (χ3n) is 2.35. The van der Waals surface area contributed by atoms with E-state index in [9.17, 15) is 0 Å². The first-order chi connectivity index (χ1) is 7.27. The van der Waals surface area contributed by atoms with E-state index >= 15 is 0 Å². The van der Waals surface area contributed by atoms with Gasteiger partial charge in [-0.3, -0.25) is 0 Å². The van der Waals surface area contributed by atoms with Crippen LogP contribution in [0.2, 0.25) is 0 Å². The van der Waals surface area contributed by atoms with Crippen LogP contribution in [-0.4, -0.2) is 6.04 Å². The molecule has 1 aromatic rings. The molecule has 3 heteroatoms. The zero-order chi connectivity index (χ0) is 11.1. The monoisotopic (exact) mass is 222 g/mol. The largest absolute Gasteiger partial charge is 0.306 e. The van der Waals surface area contributed by atoms with Gasteiger partial charge in [-0.1, -0.05) is 19.4 Å². The summed E-state index contributed by atoms with van der Waals surface area (Å²) in [5, 5.41) is 14.2. The van der Waals surface area contributed by atoms with E-state index in [0.717, 1.165) is 12.8 Å². The summed E-state index contributed by atoms with van der Waals surface area (Å²) >= 11 is 1.79. The molecule has 1 rings (SSSR count). The fourth-order valence-corrected chi connectivity index (χ4v) is 2.45. The Morgan fingerprint density at radius 3 is 2.93 bits per heavy atom. The molecule has 1 aromatic heterocycles. The summed E-state index contributed by atoms with van der Waals surface area (Å²) < 4.78 is 0. The molecule has 1 heterocycles. The number of nitrogens with zero attached hydrogens (tertiary/aromatic N) is 1. The second-order valence-corrected chi connectivity index (χ2v) is 4.77. The van der Waals surface area contributed by atoms with Crippen molar-refractivity contribution in [3.63, 3.8) is 0 Å². The first-order valence-electron chi connectivity index (χ1n) is 5.44. The summed E-state index contributed by atoms with van der Waals surface area (Å²) in [4.78, 5) is 1.38. The zero-order valence-corrected chi connectivity index (χ0v) is 10.2. The number of rotatable bonds is 6. The molecule has 0 aliphatic heterocycles. The van der Waals surface area contributed by atoms with E-state index in [1.165, 1.54) is 4.88 Å². The highest BCUT2D eigenvalue weighted by molar-refractivity contribution is 7.10. The number of thiophene rings is 1. The molecule has 2 unspecified atom stereocenters. The molecule has 0 saturated carbocycles. The van der Waals surface area contributed by atoms with Crippen LogP contribution in [0.5, 0.6) is 0 Å². The van der Waals surface area contributed by atoms with Crippen LogP contribution in [-0.2, 0) is 0 Å². The summed E-state index contributed by atoms with van der Waals surface area (Å²) in [5.41, 5.74) is 0. The molecule has 0 radical (unpaired) electrons. The van der Waals surface area contributed by atoms with E-state index in [4.69, 9.17) is 5.26 Å². The predicted molar refractivity (Wildman–Crippen MR) is 64.8 cm³/mol. The van der Waals surface area contributed by atoms with Crippen LogP contribution in [0, 0.1) is 11.3 Å². The highest BCUT2D eigenvalue weighted by Crippen LogP contribution is 2.23. The van der Waals surface area contributed by atoms with Gasteiger partial charge in [0, 0.05) is 17.0 Å². The van der Waals surface area contributed by atoms with Gasteiger partial charge in [-0.05, 0) is 24.8 Å². The molecule has 0 aliphatic carbocycles. The summed E-state index contributed by atoms with van der Waals surface area (Å²) in [6, 6.07) is 7.13. The molecule has 15 heavy (non-hydrogen) atoms. The molecule has 82 valence electrons. The third kappa shape index (κ3) is 4.03. The van der Waals surface area contributed by atoms with Crippen LogP contribution in [0.4, 0.5) is 0 Å². The van der Waals surface area contributed by atoms with Gasteiger partial charge >= 0.3 is 0 Å². The number of nitriles is 1. The Morgan fingerprint density at radius 1 is 1.60 bits per heavy atom. The second kappa shape index (κ2) is 6.60. The van der Waals surface area contributed by atoms with Crippen LogP contribution in [0.15, 0.2) is 17.5 Å². The molecule has 0 bridgehead atoms. The van der Waals surface area contributed by atoms with Gasteiger partial charge in [-0.25, -0.2) is 0 Å². The Balaban J connectivity index is 2.55. The van der Waals surface area contributed by atoms with E-state index in [2.05, 4.69) is 42.7 Å². The predicted octanol–water partition coefficient (Wildman–Crippen LogP) is 3.48. The molecule has 2 atom stereocenters. The Bertz CT molecular complexity index is 300. The first kappa shape index (κ1) is 12.2. The lowest BCUT2D eigenvalue weighted by Crippen LogP contribution is -2.29. The Kier molecular flexibility index (Phi) is 5.38. The minimum absolute atomic E-state index is 0.272. The van der Waals surface area contributed by atoms with Crippen LogP contribution in [0.1, 0.15) is 44.0 Å². The van der Waals surface area contributed by atoms with Crippen LogP contribution in [0.3, 0.4) is 0 Å². The molecule has 1 N–H and O–H groups in total. The minimum atomic E-state index is 0.272. The van der Waals surface area contributed by atoms with Gasteiger partial charge in [0.2, 0.25) is 0 Å². The third-order valence-corrected chi connectivity index (χ3v) is 3.33. The van der Waals surface area contributed by atoms with Crippen molar-refractivity contribution >= 4 is 11.3 Å². The summed E-state index contributed by atoms with van der Waals surface area (Å²) in [5.74, 6) is 0. The van der Waals surface area contributed by atoms with Crippen molar-refractivity contribution in [3.05, 3.63) is 22.4 Å². The van der Waals surface area contributed by atoms with Crippen molar-refractivity contribution in [1.82, 2.24) is 5.32 Å².